The number of hydrogen-bond donors (Lipinski definition) is 3. The van der Waals surface area contributed by atoms with E-state index in [1.54, 1.807) is 0 Å². The summed E-state index contributed by atoms with van der Waals surface area (Å²) in [5, 5.41) is 8.97. The van der Waals surface area contributed by atoms with Gasteiger partial charge in [0.15, 0.2) is 0 Å². The fourth-order valence-electron chi connectivity index (χ4n) is 2.92. The normalized spacial score (nSPS) is 13.9. The lowest BCUT2D eigenvalue weighted by Gasteiger charge is -2.14. The predicted octanol–water partition coefficient (Wildman–Crippen LogP) is 3.76. The van der Waals surface area contributed by atoms with Gasteiger partial charge in [0.25, 0.3) is 0 Å². The molecule has 1 aromatic rings. The highest BCUT2D eigenvalue weighted by Crippen LogP contribution is 2.23. The Bertz CT molecular complexity index is 638. The number of nitrogens with one attached hydrogen (secondary N) is 3. The largest absolute Gasteiger partial charge is 0.326 e. The molecule has 0 atom stereocenters. The molecule has 1 aromatic carbocycles. The highest BCUT2D eigenvalue weighted by atomic mass is 16.2. The Labute approximate surface area is 150 Å². The van der Waals surface area contributed by atoms with Crippen LogP contribution in [-0.2, 0) is 9.59 Å². The van der Waals surface area contributed by atoms with Crippen LogP contribution in [0.5, 0.6) is 0 Å². The van der Waals surface area contributed by atoms with Gasteiger partial charge in [0, 0.05) is 17.8 Å². The van der Waals surface area contributed by atoms with Crippen LogP contribution in [0.2, 0.25) is 0 Å². The molecular formula is C20H29N3O2. The molecule has 3 N–H and O–H groups in total. The third-order valence-corrected chi connectivity index (χ3v) is 4.50. The quantitative estimate of drug-likeness (QED) is 0.497. The van der Waals surface area contributed by atoms with Crippen LogP contribution in [0.3, 0.4) is 0 Å². The van der Waals surface area contributed by atoms with E-state index in [0.717, 1.165) is 29.9 Å². The average Bonchev–Trinajstić information content (AvgIpc) is 2.63. The zero-order chi connectivity index (χ0) is 18.1. The second kappa shape index (κ2) is 9.99. The van der Waals surface area contributed by atoms with Crippen molar-refractivity contribution in [2.45, 2.75) is 52.4 Å². The minimum atomic E-state index is -0.0697. The summed E-state index contributed by atoms with van der Waals surface area (Å²) >= 11 is 0. The predicted molar refractivity (Wildman–Crippen MR) is 103 cm³/mol. The first-order valence-corrected chi connectivity index (χ1v) is 9.18. The third kappa shape index (κ3) is 6.35. The second-order valence-corrected chi connectivity index (χ2v) is 6.46. The van der Waals surface area contributed by atoms with Gasteiger partial charge in [-0.2, -0.15) is 0 Å². The van der Waals surface area contributed by atoms with E-state index in [0.29, 0.717) is 6.42 Å². The SMILES string of the molecule is CCC(=O)Nc1cccc(NC(=O)CNCCC2=CCCCC2)c1C. The lowest BCUT2D eigenvalue weighted by Crippen LogP contribution is -2.29. The highest BCUT2D eigenvalue weighted by Gasteiger charge is 2.09. The molecule has 2 rings (SSSR count). The van der Waals surface area contributed by atoms with E-state index >= 15 is 0 Å². The van der Waals surface area contributed by atoms with E-state index in [-0.39, 0.29) is 18.4 Å². The Morgan fingerprint density at radius 3 is 2.44 bits per heavy atom. The number of anilines is 2. The van der Waals surface area contributed by atoms with Crippen LogP contribution in [-0.4, -0.2) is 24.9 Å². The van der Waals surface area contributed by atoms with Crippen molar-refractivity contribution in [3.8, 4) is 0 Å². The van der Waals surface area contributed by atoms with Gasteiger partial charge in [-0.3, -0.25) is 9.59 Å². The first-order chi connectivity index (χ1) is 12.1. The van der Waals surface area contributed by atoms with Gasteiger partial charge >= 0.3 is 0 Å². The van der Waals surface area contributed by atoms with Gasteiger partial charge in [-0.25, -0.2) is 0 Å². The Morgan fingerprint density at radius 2 is 1.80 bits per heavy atom. The molecule has 5 nitrogen and oxygen atoms in total. The first-order valence-electron chi connectivity index (χ1n) is 9.18. The van der Waals surface area contributed by atoms with Crippen LogP contribution in [0.15, 0.2) is 29.8 Å². The maximum absolute atomic E-state index is 12.1. The molecule has 0 fully saturated rings. The van der Waals surface area contributed by atoms with Crippen LogP contribution in [0.25, 0.3) is 0 Å². The number of rotatable bonds is 8. The minimum absolute atomic E-state index is 0.0368. The van der Waals surface area contributed by atoms with E-state index in [1.807, 2.05) is 32.0 Å². The van der Waals surface area contributed by atoms with E-state index < -0.39 is 0 Å². The van der Waals surface area contributed by atoms with Crippen molar-refractivity contribution < 1.29 is 9.59 Å². The van der Waals surface area contributed by atoms with E-state index in [9.17, 15) is 9.59 Å². The number of benzene rings is 1. The van der Waals surface area contributed by atoms with Crippen molar-refractivity contribution in [1.82, 2.24) is 5.32 Å². The number of carbonyl (C=O) groups is 2. The standard InChI is InChI=1S/C20H29N3O2/c1-3-19(24)22-17-10-7-11-18(15(17)2)23-20(25)14-21-13-12-16-8-5-4-6-9-16/h7-8,10-11,21H,3-6,9,12-14H2,1-2H3,(H,22,24)(H,23,25). The molecule has 0 spiro atoms. The molecule has 0 radical (unpaired) electrons. The van der Waals surface area contributed by atoms with Crippen molar-refractivity contribution in [3.05, 3.63) is 35.4 Å². The molecule has 0 unspecified atom stereocenters. The van der Waals surface area contributed by atoms with Gasteiger partial charge < -0.3 is 16.0 Å². The highest BCUT2D eigenvalue weighted by molar-refractivity contribution is 5.96. The van der Waals surface area contributed by atoms with Crippen LogP contribution >= 0.6 is 0 Å². The fourth-order valence-corrected chi connectivity index (χ4v) is 2.92. The summed E-state index contributed by atoms with van der Waals surface area (Å²) in [5.41, 5.74) is 3.84. The summed E-state index contributed by atoms with van der Waals surface area (Å²) in [4.78, 5) is 23.7. The Hall–Kier alpha value is -2.14. The Kier molecular flexibility index (Phi) is 7.67. The van der Waals surface area contributed by atoms with Crippen molar-refractivity contribution in [3.63, 3.8) is 0 Å². The number of allylic oxidation sites excluding steroid dienone is 1. The summed E-state index contributed by atoms with van der Waals surface area (Å²) in [7, 11) is 0. The third-order valence-electron chi connectivity index (χ3n) is 4.50. The molecular weight excluding hydrogens is 314 g/mol. The molecule has 0 aromatic heterocycles. The number of carbonyl (C=O) groups excluding carboxylic acids is 2. The molecule has 1 aliphatic carbocycles. The molecule has 0 aliphatic heterocycles. The summed E-state index contributed by atoms with van der Waals surface area (Å²) < 4.78 is 0. The van der Waals surface area contributed by atoms with Crippen LogP contribution in [0, 0.1) is 6.92 Å². The van der Waals surface area contributed by atoms with Crippen molar-refractivity contribution >= 4 is 23.2 Å². The maximum Gasteiger partial charge on any atom is 0.238 e. The molecule has 1 aliphatic rings. The first kappa shape index (κ1) is 19.2. The zero-order valence-electron chi connectivity index (χ0n) is 15.3. The Morgan fingerprint density at radius 1 is 1.08 bits per heavy atom. The molecule has 0 bridgehead atoms. The van der Waals surface area contributed by atoms with Crippen molar-refractivity contribution in [2.24, 2.45) is 0 Å². The molecule has 5 heteroatoms. The van der Waals surface area contributed by atoms with Gasteiger partial charge in [-0.1, -0.05) is 24.6 Å². The van der Waals surface area contributed by atoms with E-state index in [1.165, 1.54) is 31.3 Å². The molecule has 136 valence electrons. The molecule has 25 heavy (non-hydrogen) atoms. The van der Waals surface area contributed by atoms with Crippen molar-refractivity contribution in [2.75, 3.05) is 23.7 Å². The van der Waals surface area contributed by atoms with Crippen molar-refractivity contribution in [1.29, 1.82) is 0 Å². The van der Waals surface area contributed by atoms with Gasteiger partial charge in [-0.05, 0) is 63.3 Å². The van der Waals surface area contributed by atoms with Gasteiger partial charge in [0.1, 0.15) is 0 Å². The molecule has 0 saturated heterocycles. The fraction of sp³-hybridized carbons (Fsp3) is 0.500. The van der Waals surface area contributed by atoms with Gasteiger partial charge in [0.2, 0.25) is 11.8 Å². The molecule has 2 amide bonds. The van der Waals surface area contributed by atoms with E-state index in [2.05, 4.69) is 22.0 Å². The van der Waals surface area contributed by atoms with Crippen LogP contribution < -0.4 is 16.0 Å². The Balaban J connectivity index is 1.78. The summed E-state index contributed by atoms with van der Waals surface area (Å²) in [6.07, 6.45) is 8.77. The summed E-state index contributed by atoms with van der Waals surface area (Å²) in [6, 6.07) is 5.52. The average molecular weight is 343 g/mol. The van der Waals surface area contributed by atoms with Gasteiger partial charge in [-0.15, -0.1) is 0 Å². The topological polar surface area (TPSA) is 70.2 Å². The van der Waals surface area contributed by atoms with Crippen LogP contribution in [0.4, 0.5) is 11.4 Å². The molecule has 0 heterocycles. The summed E-state index contributed by atoms with van der Waals surface area (Å²) in [5.74, 6) is -0.107. The second-order valence-electron chi connectivity index (χ2n) is 6.46. The summed E-state index contributed by atoms with van der Waals surface area (Å²) in [6.45, 7) is 4.82. The van der Waals surface area contributed by atoms with Crippen LogP contribution in [0.1, 0.15) is 51.0 Å². The number of hydrogen-bond acceptors (Lipinski definition) is 3. The number of amides is 2. The lowest BCUT2D eigenvalue weighted by atomic mass is 9.97. The molecule has 0 saturated carbocycles. The maximum atomic E-state index is 12.1. The lowest BCUT2D eigenvalue weighted by molar-refractivity contribution is -0.116. The smallest absolute Gasteiger partial charge is 0.238 e. The van der Waals surface area contributed by atoms with Gasteiger partial charge in [0.05, 0.1) is 6.54 Å². The monoisotopic (exact) mass is 343 g/mol. The minimum Gasteiger partial charge on any atom is -0.326 e. The zero-order valence-corrected chi connectivity index (χ0v) is 15.3. The van der Waals surface area contributed by atoms with E-state index in [4.69, 9.17) is 0 Å².